The van der Waals surface area contributed by atoms with Gasteiger partial charge in [0.25, 0.3) is 0 Å². The van der Waals surface area contributed by atoms with Gasteiger partial charge in [-0.1, -0.05) is 44.2 Å². The van der Waals surface area contributed by atoms with Gasteiger partial charge in [-0.25, -0.2) is 4.79 Å². The number of aldehydes is 1. The van der Waals surface area contributed by atoms with E-state index in [4.69, 9.17) is 9.47 Å². The number of carbonyl (C=O) groups is 2. The number of rotatable bonds is 6. The number of carbonyl (C=O) groups excluding carboxylic acids is 2. The van der Waals surface area contributed by atoms with Crippen molar-refractivity contribution in [1.29, 1.82) is 0 Å². The Hall–Kier alpha value is -2.88. The van der Waals surface area contributed by atoms with E-state index in [1.165, 1.54) is 18.7 Å². The fourth-order valence-corrected chi connectivity index (χ4v) is 2.19. The lowest BCUT2D eigenvalue weighted by Crippen LogP contribution is -2.07. The smallest absolute Gasteiger partial charge is 0.336 e. The molecule has 0 saturated carbocycles. The van der Waals surface area contributed by atoms with Crippen molar-refractivity contribution < 1.29 is 19.1 Å². The molecule has 2 aromatic carbocycles. The van der Waals surface area contributed by atoms with Crippen molar-refractivity contribution in [2.75, 3.05) is 7.11 Å². The normalized spacial score (nSPS) is 10.8. The third-order valence-corrected chi connectivity index (χ3v) is 3.57. The van der Waals surface area contributed by atoms with Crippen molar-refractivity contribution in [3.8, 4) is 11.5 Å². The van der Waals surface area contributed by atoms with Gasteiger partial charge in [0.2, 0.25) is 0 Å². The second-order valence-corrected chi connectivity index (χ2v) is 5.57. The zero-order valence-electron chi connectivity index (χ0n) is 14.0. The van der Waals surface area contributed by atoms with E-state index in [1.54, 1.807) is 24.3 Å². The van der Waals surface area contributed by atoms with Crippen LogP contribution in [0.1, 0.15) is 41.3 Å². The minimum absolute atomic E-state index is 0.125. The average Bonchev–Trinajstić information content (AvgIpc) is 2.60. The number of benzene rings is 2. The summed E-state index contributed by atoms with van der Waals surface area (Å²) >= 11 is 0. The standard InChI is InChI=1S/C20H20O4/c1-14(2)16-10-7-15(8-11-16)9-12-19(22)24-20-17(13-21)5-4-6-18(20)23-3/h4-14H,1-3H3/b12-9+. The largest absolute Gasteiger partial charge is 0.493 e. The summed E-state index contributed by atoms with van der Waals surface area (Å²) in [6, 6.07) is 12.8. The van der Waals surface area contributed by atoms with E-state index in [9.17, 15) is 9.59 Å². The summed E-state index contributed by atoms with van der Waals surface area (Å²) in [5, 5.41) is 0. The van der Waals surface area contributed by atoms with E-state index >= 15 is 0 Å². The van der Waals surface area contributed by atoms with Crippen molar-refractivity contribution in [3.05, 3.63) is 65.2 Å². The molecule has 2 aromatic rings. The van der Waals surface area contributed by atoms with Gasteiger partial charge in [-0.05, 0) is 35.3 Å². The highest BCUT2D eigenvalue weighted by atomic mass is 16.6. The Balaban J connectivity index is 2.12. The molecule has 0 atom stereocenters. The lowest BCUT2D eigenvalue weighted by atomic mass is 10.0. The van der Waals surface area contributed by atoms with Crippen molar-refractivity contribution in [3.63, 3.8) is 0 Å². The minimum atomic E-state index is -0.574. The number of esters is 1. The van der Waals surface area contributed by atoms with Crippen LogP contribution in [0.25, 0.3) is 6.08 Å². The Bertz CT molecular complexity index is 743. The van der Waals surface area contributed by atoms with Gasteiger partial charge in [-0.3, -0.25) is 4.79 Å². The van der Waals surface area contributed by atoms with E-state index < -0.39 is 5.97 Å². The van der Waals surface area contributed by atoms with Gasteiger partial charge in [-0.15, -0.1) is 0 Å². The zero-order chi connectivity index (χ0) is 17.5. The molecule has 0 amide bonds. The molecule has 0 aromatic heterocycles. The second-order valence-electron chi connectivity index (χ2n) is 5.57. The van der Waals surface area contributed by atoms with Gasteiger partial charge in [0.1, 0.15) is 0 Å². The lowest BCUT2D eigenvalue weighted by molar-refractivity contribution is -0.129. The van der Waals surface area contributed by atoms with Gasteiger partial charge in [0.05, 0.1) is 12.7 Å². The molecule has 0 N–H and O–H groups in total. The van der Waals surface area contributed by atoms with Gasteiger partial charge in [0.15, 0.2) is 17.8 Å². The topological polar surface area (TPSA) is 52.6 Å². The molecule has 0 heterocycles. The molecule has 0 aliphatic carbocycles. The Labute approximate surface area is 141 Å². The first-order valence-electron chi connectivity index (χ1n) is 7.67. The quantitative estimate of drug-likeness (QED) is 0.345. The highest BCUT2D eigenvalue weighted by Gasteiger charge is 2.12. The molecule has 0 unspecified atom stereocenters. The molecule has 0 aliphatic rings. The molecule has 0 fully saturated rings. The Kier molecular flexibility index (Phi) is 5.90. The van der Waals surface area contributed by atoms with Crippen LogP contribution in [0.2, 0.25) is 0 Å². The van der Waals surface area contributed by atoms with Crippen molar-refractivity contribution >= 4 is 18.3 Å². The molecule has 0 radical (unpaired) electrons. The first-order chi connectivity index (χ1) is 11.5. The Morgan fingerprint density at radius 1 is 1.08 bits per heavy atom. The SMILES string of the molecule is COc1cccc(C=O)c1OC(=O)/C=C/c1ccc(C(C)C)cc1. The van der Waals surface area contributed by atoms with Crippen LogP contribution in [-0.2, 0) is 4.79 Å². The summed E-state index contributed by atoms with van der Waals surface area (Å²) in [6.45, 7) is 4.25. The molecule has 0 spiro atoms. The summed E-state index contributed by atoms with van der Waals surface area (Å²) in [7, 11) is 1.45. The summed E-state index contributed by atoms with van der Waals surface area (Å²) in [5.74, 6) is 0.346. The van der Waals surface area contributed by atoms with E-state index in [0.717, 1.165) is 5.56 Å². The number of methoxy groups -OCH3 is 1. The fraction of sp³-hybridized carbons (Fsp3) is 0.200. The number of hydrogen-bond acceptors (Lipinski definition) is 4. The van der Waals surface area contributed by atoms with Crippen LogP contribution in [-0.4, -0.2) is 19.4 Å². The predicted octanol–water partition coefficient (Wildman–Crippen LogP) is 4.25. The summed E-state index contributed by atoms with van der Waals surface area (Å²) in [6.07, 6.45) is 3.62. The first kappa shape index (κ1) is 17.5. The van der Waals surface area contributed by atoms with Crippen molar-refractivity contribution in [1.82, 2.24) is 0 Å². The maximum absolute atomic E-state index is 12.0. The lowest BCUT2D eigenvalue weighted by Gasteiger charge is -2.09. The van der Waals surface area contributed by atoms with Crippen LogP contribution in [0.5, 0.6) is 11.5 Å². The maximum Gasteiger partial charge on any atom is 0.336 e. The molecule has 124 valence electrons. The van der Waals surface area contributed by atoms with E-state index in [2.05, 4.69) is 13.8 Å². The third kappa shape index (κ3) is 4.32. The minimum Gasteiger partial charge on any atom is -0.493 e. The van der Waals surface area contributed by atoms with Crippen LogP contribution >= 0.6 is 0 Å². The Morgan fingerprint density at radius 3 is 2.38 bits per heavy atom. The molecule has 0 saturated heterocycles. The van der Waals surface area contributed by atoms with Gasteiger partial charge >= 0.3 is 5.97 Å². The van der Waals surface area contributed by atoms with Crippen LogP contribution in [0.4, 0.5) is 0 Å². The van der Waals surface area contributed by atoms with Crippen LogP contribution in [0.15, 0.2) is 48.5 Å². The Morgan fingerprint density at radius 2 is 1.79 bits per heavy atom. The van der Waals surface area contributed by atoms with Crippen LogP contribution < -0.4 is 9.47 Å². The molecular formula is C20H20O4. The molecule has 4 nitrogen and oxygen atoms in total. The summed E-state index contributed by atoms with van der Waals surface area (Å²) in [5.41, 5.74) is 2.39. The average molecular weight is 324 g/mol. The molecule has 2 rings (SSSR count). The summed E-state index contributed by atoms with van der Waals surface area (Å²) in [4.78, 5) is 23.1. The third-order valence-electron chi connectivity index (χ3n) is 3.57. The van der Waals surface area contributed by atoms with Crippen molar-refractivity contribution in [2.24, 2.45) is 0 Å². The van der Waals surface area contributed by atoms with Gasteiger partial charge in [0, 0.05) is 6.08 Å². The highest BCUT2D eigenvalue weighted by molar-refractivity contribution is 5.91. The van der Waals surface area contributed by atoms with E-state index in [-0.39, 0.29) is 11.3 Å². The van der Waals surface area contributed by atoms with Crippen LogP contribution in [0.3, 0.4) is 0 Å². The molecule has 4 heteroatoms. The van der Waals surface area contributed by atoms with E-state index in [0.29, 0.717) is 18.0 Å². The number of ether oxygens (including phenoxy) is 2. The fourth-order valence-electron chi connectivity index (χ4n) is 2.19. The summed E-state index contributed by atoms with van der Waals surface area (Å²) < 4.78 is 10.4. The number of para-hydroxylation sites is 1. The predicted molar refractivity (Wildman–Crippen MR) is 93.6 cm³/mol. The second kappa shape index (κ2) is 8.11. The van der Waals surface area contributed by atoms with Crippen molar-refractivity contribution in [2.45, 2.75) is 19.8 Å². The zero-order valence-corrected chi connectivity index (χ0v) is 14.0. The maximum atomic E-state index is 12.0. The van der Waals surface area contributed by atoms with Gasteiger partial charge in [-0.2, -0.15) is 0 Å². The van der Waals surface area contributed by atoms with Crippen LogP contribution in [0, 0.1) is 0 Å². The van der Waals surface area contributed by atoms with E-state index in [1.807, 2.05) is 24.3 Å². The molecular weight excluding hydrogens is 304 g/mol. The molecule has 24 heavy (non-hydrogen) atoms. The molecule has 0 aliphatic heterocycles. The monoisotopic (exact) mass is 324 g/mol. The first-order valence-corrected chi connectivity index (χ1v) is 7.67. The number of hydrogen-bond donors (Lipinski definition) is 0. The van der Waals surface area contributed by atoms with Gasteiger partial charge < -0.3 is 9.47 Å². The highest BCUT2D eigenvalue weighted by Crippen LogP contribution is 2.30. The molecule has 0 bridgehead atoms.